The molecule has 0 amide bonds. The van der Waals surface area contributed by atoms with Crippen LogP contribution in [0.1, 0.15) is 18.4 Å². The van der Waals surface area contributed by atoms with Crippen LogP contribution < -0.4 is 5.73 Å². The molecule has 0 spiro atoms. The Hall–Kier alpha value is -1.10. The lowest BCUT2D eigenvalue weighted by Crippen LogP contribution is -2.14. The van der Waals surface area contributed by atoms with Gasteiger partial charge in [-0.25, -0.2) is 17.6 Å². The second-order valence-corrected chi connectivity index (χ2v) is 3.02. The third-order valence-electron chi connectivity index (χ3n) is 1.99. The summed E-state index contributed by atoms with van der Waals surface area (Å²) in [6.07, 6.45) is 0. The topological polar surface area (TPSA) is 26.0 Å². The van der Waals surface area contributed by atoms with Gasteiger partial charge in [0.1, 0.15) is 0 Å². The van der Waals surface area contributed by atoms with Crippen molar-refractivity contribution in [2.75, 3.05) is 6.54 Å². The zero-order valence-corrected chi connectivity index (χ0v) is 7.45. The van der Waals surface area contributed by atoms with Crippen molar-refractivity contribution in [1.29, 1.82) is 0 Å². The molecule has 0 aliphatic carbocycles. The van der Waals surface area contributed by atoms with E-state index in [2.05, 4.69) is 0 Å². The highest BCUT2D eigenvalue weighted by molar-refractivity contribution is 5.26. The minimum Gasteiger partial charge on any atom is -0.330 e. The SMILES string of the molecule is CC(CN)c1c(F)c(F)cc(F)c1F. The first kappa shape index (κ1) is 11.0. The van der Waals surface area contributed by atoms with Crippen molar-refractivity contribution < 1.29 is 17.6 Å². The van der Waals surface area contributed by atoms with Crippen molar-refractivity contribution in [1.82, 2.24) is 0 Å². The monoisotopic (exact) mass is 207 g/mol. The largest absolute Gasteiger partial charge is 0.330 e. The lowest BCUT2D eigenvalue weighted by molar-refractivity contribution is 0.430. The number of rotatable bonds is 2. The van der Waals surface area contributed by atoms with Crippen molar-refractivity contribution in [2.24, 2.45) is 5.73 Å². The number of nitrogens with two attached hydrogens (primary N) is 1. The molecule has 0 aromatic heterocycles. The average molecular weight is 207 g/mol. The molecule has 0 aliphatic heterocycles. The highest BCUT2D eigenvalue weighted by Gasteiger charge is 2.22. The predicted octanol–water partition coefficient (Wildman–Crippen LogP) is 2.31. The molecule has 0 fully saturated rings. The Balaban J connectivity index is 3.39. The van der Waals surface area contributed by atoms with Gasteiger partial charge in [-0.15, -0.1) is 0 Å². The van der Waals surface area contributed by atoms with Gasteiger partial charge in [0.05, 0.1) is 0 Å². The maximum atomic E-state index is 13.0. The van der Waals surface area contributed by atoms with Gasteiger partial charge >= 0.3 is 0 Å². The molecule has 0 heterocycles. The standard InChI is InChI=1S/C9H9F4N/c1-4(3-14)7-8(12)5(10)2-6(11)9(7)13/h2,4H,3,14H2,1H3. The predicted molar refractivity (Wildman–Crippen MR) is 43.7 cm³/mol. The van der Waals surface area contributed by atoms with Crippen LogP contribution in [-0.2, 0) is 0 Å². The highest BCUT2D eigenvalue weighted by Crippen LogP contribution is 2.25. The van der Waals surface area contributed by atoms with Crippen molar-refractivity contribution in [3.8, 4) is 0 Å². The van der Waals surface area contributed by atoms with Gasteiger partial charge in [0.15, 0.2) is 23.3 Å². The maximum absolute atomic E-state index is 13.0. The first-order valence-electron chi connectivity index (χ1n) is 4.02. The summed E-state index contributed by atoms with van der Waals surface area (Å²) in [5, 5.41) is 0. The summed E-state index contributed by atoms with van der Waals surface area (Å²) in [5.41, 5.74) is 4.53. The molecule has 0 aliphatic rings. The minimum absolute atomic E-state index is 0.0866. The van der Waals surface area contributed by atoms with E-state index in [1.165, 1.54) is 6.92 Å². The van der Waals surface area contributed by atoms with E-state index in [0.29, 0.717) is 0 Å². The van der Waals surface area contributed by atoms with E-state index < -0.39 is 34.8 Å². The summed E-state index contributed by atoms with van der Waals surface area (Å²) in [6.45, 7) is 1.30. The van der Waals surface area contributed by atoms with Gasteiger partial charge < -0.3 is 5.73 Å². The number of benzene rings is 1. The summed E-state index contributed by atoms with van der Waals surface area (Å²) >= 11 is 0. The Morgan fingerprint density at radius 1 is 1.14 bits per heavy atom. The lowest BCUT2D eigenvalue weighted by atomic mass is 9.99. The van der Waals surface area contributed by atoms with E-state index in [-0.39, 0.29) is 12.6 Å². The molecule has 5 heteroatoms. The van der Waals surface area contributed by atoms with Gasteiger partial charge in [-0.1, -0.05) is 6.92 Å². The smallest absolute Gasteiger partial charge is 0.165 e. The molecule has 1 rings (SSSR count). The van der Waals surface area contributed by atoms with E-state index in [1.807, 2.05) is 0 Å². The third kappa shape index (κ3) is 1.72. The third-order valence-corrected chi connectivity index (χ3v) is 1.99. The zero-order valence-electron chi connectivity index (χ0n) is 7.45. The van der Waals surface area contributed by atoms with Crippen LogP contribution in [0.4, 0.5) is 17.6 Å². The molecule has 0 radical (unpaired) electrons. The van der Waals surface area contributed by atoms with Gasteiger partial charge in [-0.2, -0.15) is 0 Å². The number of hydrogen-bond acceptors (Lipinski definition) is 1. The molecular weight excluding hydrogens is 198 g/mol. The van der Waals surface area contributed by atoms with E-state index in [4.69, 9.17) is 5.73 Å². The quantitative estimate of drug-likeness (QED) is 0.584. The van der Waals surface area contributed by atoms with Gasteiger partial charge in [0.2, 0.25) is 0 Å². The van der Waals surface area contributed by atoms with Crippen LogP contribution >= 0.6 is 0 Å². The fourth-order valence-corrected chi connectivity index (χ4v) is 1.14. The Kier molecular flexibility index (Phi) is 3.10. The van der Waals surface area contributed by atoms with E-state index in [9.17, 15) is 17.6 Å². The summed E-state index contributed by atoms with van der Waals surface area (Å²) in [5.74, 6) is -6.32. The molecule has 1 aromatic carbocycles. The molecule has 1 unspecified atom stereocenters. The fraction of sp³-hybridized carbons (Fsp3) is 0.333. The second kappa shape index (κ2) is 3.96. The molecule has 14 heavy (non-hydrogen) atoms. The Morgan fingerprint density at radius 2 is 1.57 bits per heavy atom. The summed E-state index contributed by atoms with van der Waals surface area (Å²) in [7, 11) is 0. The molecular formula is C9H9F4N. The molecule has 0 bridgehead atoms. The van der Waals surface area contributed by atoms with Gasteiger partial charge in [0, 0.05) is 11.6 Å². The average Bonchev–Trinajstić information content (AvgIpc) is 2.15. The van der Waals surface area contributed by atoms with E-state index >= 15 is 0 Å². The summed E-state index contributed by atoms with van der Waals surface area (Å²) in [4.78, 5) is 0. The molecule has 0 saturated carbocycles. The zero-order chi connectivity index (χ0) is 10.9. The number of hydrogen-bond donors (Lipinski definition) is 1. The highest BCUT2D eigenvalue weighted by atomic mass is 19.2. The van der Waals surface area contributed by atoms with Crippen LogP contribution in [0, 0.1) is 23.3 Å². The summed E-state index contributed by atoms with van der Waals surface area (Å²) in [6, 6.07) is 0.178. The van der Waals surface area contributed by atoms with Crippen LogP contribution in [0.15, 0.2) is 6.07 Å². The van der Waals surface area contributed by atoms with Crippen molar-refractivity contribution >= 4 is 0 Å². The number of halogens is 4. The molecule has 1 aromatic rings. The van der Waals surface area contributed by atoms with Crippen molar-refractivity contribution in [3.05, 3.63) is 34.9 Å². The van der Waals surface area contributed by atoms with Gasteiger partial charge in [-0.3, -0.25) is 0 Å². The maximum Gasteiger partial charge on any atom is 0.165 e. The molecule has 0 saturated heterocycles. The second-order valence-electron chi connectivity index (χ2n) is 3.02. The van der Waals surface area contributed by atoms with Crippen molar-refractivity contribution in [2.45, 2.75) is 12.8 Å². The van der Waals surface area contributed by atoms with Crippen LogP contribution in [0.3, 0.4) is 0 Å². The molecule has 2 N–H and O–H groups in total. The van der Waals surface area contributed by atoms with Crippen LogP contribution in [0.5, 0.6) is 0 Å². The van der Waals surface area contributed by atoms with Gasteiger partial charge in [-0.05, 0) is 12.5 Å². The fourth-order valence-electron chi connectivity index (χ4n) is 1.14. The van der Waals surface area contributed by atoms with Crippen molar-refractivity contribution in [3.63, 3.8) is 0 Å². The van der Waals surface area contributed by atoms with E-state index in [0.717, 1.165) is 0 Å². The Morgan fingerprint density at radius 3 is 1.93 bits per heavy atom. The Bertz CT molecular complexity index is 325. The minimum atomic E-state index is -1.40. The first-order chi connectivity index (χ1) is 6.49. The van der Waals surface area contributed by atoms with Crippen LogP contribution in [-0.4, -0.2) is 6.54 Å². The van der Waals surface area contributed by atoms with Crippen LogP contribution in [0.2, 0.25) is 0 Å². The normalized spacial score (nSPS) is 13.0. The van der Waals surface area contributed by atoms with E-state index in [1.54, 1.807) is 0 Å². The molecule has 1 atom stereocenters. The lowest BCUT2D eigenvalue weighted by Gasteiger charge is -2.12. The molecule has 78 valence electrons. The summed E-state index contributed by atoms with van der Waals surface area (Å²) < 4.78 is 51.5. The van der Waals surface area contributed by atoms with Gasteiger partial charge in [0.25, 0.3) is 0 Å². The Labute approximate surface area is 78.5 Å². The first-order valence-corrected chi connectivity index (χ1v) is 4.02. The molecule has 1 nitrogen and oxygen atoms in total. The van der Waals surface area contributed by atoms with Crippen LogP contribution in [0.25, 0.3) is 0 Å².